The van der Waals surface area contributed by atoms with Crippen LogP contribution < -0.4 is 5.48 Å². The molecule has 16 heavy (non-hydrogen) atoms. The Morgan fingerprint density at radius 2 is 2.25 bits per heavy atom. The minimum Gasteiger partial charge on any atom is -0.451 e. The molecule has 1 aromatic carbocycles. The average Bonchev–Trinajstić information content (AvgIpc) is 2.57. The van der Waals surface area contributed by atoms with Gasteiger partial charge in [0.1, 0.15) is 11.4 Å². The zero-order valence-corrected chi connectivity index (χ0v) is 8.83. The molecule has 0 radical (unpaired) electrons. The van der Waals surface area contributed by atoms with Crippen LogP contribution in [0.1, 0.15) is 16.1 Å². The predicted octanol–water partition coefficient (Wildman–Crippen LogP) is 2.17. The normalized spacial score (nSPS) is 10.7. The first-order chi connectivity index (χ1) is 7.63. The number of furan rings is 1. The molecule has 0 bridgehead atoms. The molecule has 1 amide bonds. The molecular formula is C11H10FNO3. The van der Waals surface area contributed by atoms with E-state index in [9.17, 15) is 9.18 Å². The lowest BCUT2D eigenvalue weighted by Crippen LogP contribution is -2.21. The summed E-state index contributed by atoms with van der Waals surface area (Å²) in [6.45, 7) is 1.69. The molecule has 2 aromatic rings. The Labute approximate surface area is 90.9 Å². The fraction of sp³-hybridized carbons (Fsp3) is 0.182. The second-order valence-corrected chi connectivity index (χ2v) is 3.33. The summed E-state index contributed by atoms with van der Waals surface area (Å²) in [5.74, 6) is -0.728. The highest BCUT2D eigenvalue weighted by atomic mass is 19.1. The third kappa shape index (κ3) is 1.65. The number of halogens is 1. The number of nitrogens with one attached hydrogen (secondary N) is 1. The fourth-order valence-corrected chi connectivity index (χ4v) is 1.55. The van der Waals surface area contributed by atoms with Crippen LogP contribution in [0.25, 0.3) is 11.0 Å². The number of amides is 1. The summed E-state index contributed by atoms with van der Waals surface area (Å²) in [4.78, 5) is 16.0. The van der Waals surface area contributed by atoms with Crippen LogP contribution in [0, 0.1) is 12.7 Å². The van der Waals surface area contributed by atoms with E-state index in [2.05, 4.69) is 10.3 Å². The van der Waals surface area contributed by atoms with Crippen molar-refractivity contribution in [2.45, 2.75) is 6.92 Å². The Bertz CT molecular complexity index is 547. The van der Waals surface area contributed by atoms with Crippen molar-refractivity contribution in [3.8, 4) is 0 Å². The first-order valence-corrected chi connectivity index (χ1v) is 4.65. The lowest BCUT2D eigenvalue weighted by atomic mass is 10.1. The molecule has 1 heterocycles. The van der Waals surface area contributed by atoms with Gasteiger partial charge in [0.15, 0.2) is 5.76 Å². The molecule has 1 N–H and O–H groups in total. The maximum Gasteiger partial charge on any atom is 0.310 e. The lowest BCUT2D eigenvalue weighted by Gasteiger charge is -1.98. The van der Waals surface area contributed by atoms with Gasteiger partial charge in [0.05, 0.1) is 7.11 Å². The quantitative estimate of drug-likeness (QED) is 0.794. The van der Waals surface area contributed by atoms with E-state index in [4.69, 9.17) is 4.42 Å². The van der Waals surface area contributed by atoms with Gasteiger partial charge in [0, 0.05) is 10.9 Å². The number of rotatable bonds is 2. The number of aryl methyl sites for hydroxylation is 1. The van der Waals surface area contributed by atoms with Crippen LogP contribution in [0.4, 0.5) is 4.39 Å². The highest BCUT2D eigenvalue weighted by molar-refractivity contribution is 5.98. The van der Waals surface area contributed by atoms with E-state index in [1.807, 2.05) is 0 Å². The van der Waals surface area contributed by atoms with Crippen LogP contribution in [0.2, 0.25) is 0 Å². The fourth-order valence-electron chi connectivity index (χ4n) is 1.55. The van der Waals surface area contributed by atoms with Crippen molar-refractivity contribution < 1.29 is 18.4 Å². The van der Waals surface area contributed by atoms with Crippen LogP contribution in [-0.4, -0.2) is 13.0 Å². The van der Waals surface area contributed by atoms with E-state index >= 15 is 0 Å². The molecule has 0 saturated heterocycles. The Kier molecular flexibility index (Phi) is 2.62. The van der Waals surface area contributed by atoms with Gasteiger partial charge in [0.25, 0.3) is 0 Å². The summed E-state index contributed by atoms with van der Waals surface area (Å²) < 4.78 is 18.3. The van der Waals surface area contributed by atoms with E-state index in [1.54, 1.807) is 6.92 Å². The zero-order chi connectivity index (χ0) is 11.7. The second kappa shape index (κ2) is 3.94. The molecule has 2 rings (SSSR count). The number of carbonyl (C=O) groups excluding carboxylic acids is 1. The van der Waals surface area contributed by atoms with E-state index < -0.39 is 5.91 Å². The lowest BCUT2D eigenvalue weighted by molar-refractivity contribution is 0.0511. The van der Waals surface area contributed by atoms with Gasteiger partial charge in [-0.3, -0.25) is 9.63 Å². The second-order valence-electron chi connectivity index (χ2n) is 3.33. The van der Waals surface area contributed by atoms with Gasteiger partial charge in [-0.2, -0.15) is 0 Å². The van der Waals surface area contributed by atoms with Crippen molar-refractivity contribution in [2.24, 2.45) is 0 Å². The van der Waals surface area contributed by atoms with Crippen molar-refractivity contribution in [1.29, 1.82) is 0 Å². The van der Waals surface area contributed by atoms with Crippen molar-refractivity contribution in [3.05, 3.63) is 35.3 Å². The molecule has 0 spiro atoms. The number of hydrogen-bond donors (Lipinski definition) is 1. The highest BCUT2D eigenvalue weighted by Crippen LogP contribution is 2.25. The molecule has 4 nitrogen and oxygen atoms in total. The average molecular weight is 223 g/mol. The molecular weight excluding hydrogens is 213 g/mol. The van der Waals surface area contributed by atoms with Crippen LogP contribution in [0.5, 0.6) is 0 Å². The van der Waals surface area contributed by atoms with Crippen molar-refractivity contribution in [3.63, 3.8) is 0 Å². The number of carbonyl (C=O) groups is 1. The smallest absolute Gasteiger partial charge is 0.310 e. The number of hydrogen-bond acceptors (Lipinski definition) is 3. The Morgan fingerprint density at radius 3 is 2.94 bits per heavy atom. The van der Waals surface area contributed by atoms with Crippen molar-refractivity contribution in [2.75, 3.05) is 7.11 Å². The Hall–Kier alpha value is -1.88. The number of fused-ring (bicyclic) bond motifs is 1. The molecule has 0 aliphatic heterocycles. The van der Waals surface area contributed by atoms with Gasteiger partial charge in [-0.05, 0) is 25.1 Å². The number of benzene rings is 1. The standard InChI is InChI=1S/C11H10FNO3/c1-6-8-5-7(12)3-4-9(8)16-10(6)11(14)13-15-2/h3-5H,1-2H3,(H,13,14). The third-order valence-electron chi connectivity index (χ3n) is 2.30. The summed E-state index contributed by atoms with van der Waals surface area (Å²) in [6, 6.07) is 4.10. The van der Waals surface area contributed by atoms with Gasteiger partial charge in [-0.15, -0.1) is 0 Å². The predicted molar refractivity (Wildman–Crippen MR) is 55.4 cm³/mol. The topological polar surface area (TPSA) is 51.5 Å². The summed E-state index contributed by atoms with van der Waals surface area (Å²) >= 11 is 0. The van der Waals surface area contributed by atoms with Gasteiger partial charge < -0.3 is 4.42 Å². The van der Waals surface area contributed by atoms with Crippen molar-refractivity contribution >= 4 is 16.9 Å². The summed E-state index contributed by atoms with van der Waals surface area (Å²) in [5.41, 5.74) is 3.21. The SMILES string of the molecule is CONC(=O)c1oc2ccc(F)cc2c1C. The molecule has 5 heteroatoms. The molecule has 84 valence electrons. The van der Waals surface area contributed by atoms with Crippen LogP contribution in [-0.2, 0) is 4.84 Å². The van der Waals surface area contributed by atoms with Crippen molar-refractivity contribution in [1.82, 2.24) is 5.48 Å². The van der Waals surface area contributed by atoms with Crippen LogP contribution in [0.3, 0.4) is 0 Å². The number of hydroxylamine groups is 1. The Balaban J connectivity index is 2.56. The van der Waals surface area contributed by atoms with Gasteiger partial charge in [0.2, 0.25) is 0 Å². The Morgan fingerprint density at radius 1 is 1.50 bits per heavy atom. The molecule has 0 saturated carbocycles. The molecule has 1 aromatic heterocycles. The van der Waals surface area contributed by atoms with Gasteiger partial charge in [-0.25, -0.2) is 9.87 Å². The molecule has 0 aliphatic rings. The third-order valence-corrected chi connectivity index (χ3v) is 2.30. The molecule has 0 unspecified atom stereocenters. The van der Waals surface area contributed by atoms with Gasteiger partial charge in [-0.1, -0.05) is 0 Å². The maximum atomic E-state index is 13.0. The minimum absolute atomic E-state index is 0.127. The summed E-state index contributed by atoms with van der Waals surface area (Å²) in [6.07, 6.45) is 0. The first kappa shape index (κ1) is 10.6. The van der Waals surface area contributed by atoms with Crippen LogP contribution in [0.15, 0.2) is 22.6 Å². The van der Waals surface area contributed by atoms with Gasteiger partial charge >= 0.3 is 5.91 Å². The van der Waals surface area contributed by atoms with E-state index in [1.165, 1.54) is 25.3 Å². The highest BCUT2D eigenvalue weighted by Gasteiger charge is 2.17. The molecule has 0 atom stereocenters. The molecule has 0 aliphatic carbocycles. The summed E-state index contributed by atoms with van der Waals surface area (Å²) in [5, 5.41) is 0.584. The zero-order valence-electron chi connectivity index (χ0n) is 8.83. The minimum atomic E-state index is -0.489. The largest absolute Gasteiger partial charge is 0.451 e. The van der Waals surface area contributed by atoms with E-state index in [0.717, 1.165) is 0 Å². The molecule has 0 fully saturated rings. The monoisotopic (exact) mass is 223 g/mol. The van der Waals surface area contributed by atoms with Crippen LogP contribution >= 0.6 is 0 Å². The maximum absolute atomic E-state index is 13.0. The summed E-state index contributed by atoms with van der Waals surface area (Å²) in [7, 11) is 1.33. The van der Waals surface area contributed by atoms with E-state index in [0.29, 0.717) is 16.5 Å². The first-order valence-electron chi connectivity index (χ1n) is 4.65. The van der Waals surface area contributed by atoms with E-state index in [-0.39, 0.29) is 11.6 Å².